The maximum atomic E-state index is 9.80. The summed E-state index contributed by atoms with van der Waals surface area (Å²) in [5.74, 6) is 0.884. The predicted molar refractivity (Wildman–Crippen MR) is 77.1 cm³/mol. The van der Waals surface area contributed by atoms with E-state index in [-0.39, 0.29) is 12.2 Å². The zero-order valence-electron chi connectivity index (χ0n) is 12.0. The molecule has 1 aliphatic heterocycles. The topological polar surface area (TPSA) is 41.9 Å². The van der Waals surface area contributed by atoms with E-state index in [4.69, 9.17) is 9.47 Å². The zero-order chi connectivity index (χ0) is 13.9. The number of ether oxygens (including phenoxy) is 2. The molecule has 1 aromatic carbocycles. The van der Waals surface area contributed by atoms with Crippen LogP contribution >= 0.6 is 0 Å². The standard InChI is InChI=1S/C16H23NO3/c1-2-17-7-8-19-14(10-17)11-20-13-4-5-15-12(9-13)3-6-16(15)18/h4-5,9,14,16,18H,2-3,6-8,10-11H2,1H3/t14?,16-/m1/s1. The minimum absolute atomic E-state index is 0.155. The SMILES string of the molecule is CCN1CCOC(COc2ccc3c(c2)CC[C@H]3O)C1. The summed E-state index contributed by atoms with van der Waals surface area (Å²) in [5.41, 5.74) is 2.28. The fourth-order valence-electron chi connectivity index (χ4n) is 3.02. The maximum Gasteiger partial charge on any atom is 0.119 e. The van der Waals surface area contributed by atoms with Gasteiger partial charge in [0.1, 0.15) is 18.5 Å². The lowest BCUT2D eigenvalue weighted by molar-refractivity contribution is -0.0464. The number of rotatable bonds is 4. The molecule has 0 amide bonds. The minimum Gasteiger partial charge on any atom is -0.491 e. The molecule has 1 heterocycles. The van der Waals surface area contributed by atoms with E-state index in [0.717, 1.165) is 50.4 Å². The molecule has 1 aromatic rings. The van der Waals surface area contributed by atoms with Crippen LogP contribution in [0.3, 0.4) is 0 Å². The molecule has 110 valence electrons. The molecule has 20 heavy (non-hydrogen) atoms. The maximum absolute atomic E-state index is 9.80. The van der Waals surface area contributed by atoms with Gasteiger partial charge in [0.25, 0.3) is 0 Å². The summed E-state index contributed by atoms with van der Waals surface area (Å²) in [7, 11) is 0. The van der Waals surface area contributed by atoms with Gasteiger partial charge in [0, 0.05) is 13.1 Å². The van der Waals surface area contributed by atoms with E-state index < -0.39 is 0 Å². The molecular weight excluding hydrogens is 254 g/mol. The Morgan fingerprint density at radius 2 is 2.35 bits per heavy atom. The number of aliphatic hydroxyl groups is 1. The number of aryl methyl sites for hydroxylation is 1. The fraction of sp³-hybridized carbons (Fsp3) is 0.625. The van der Waals surface area contributed by atoms with Crippen molar-refractivity contribution >= 4 is 0 Å². The molecule has 0 saturated carbocycles. The Morgan fingerprint density at radius 3 is 3.20 bits per heavy atom. The molecule has 1 unspecified atom stereocenters. The van der Waals surface area contributed by atoms with Crippen LogP contribution in [0.25, 0.3) is 0 Å². The van der Waals surface area contributed by atoms with E-state index in [2.05, 4.69) is 17.9 Å². The van der Waals surface area contributed by atoms with Crippen molar-refractivity contribution in [1.29, 1.82) is 0 Å². The first-order valence-electron chi connectivity index (χ1n) is 7.54. The van der Waals surface area contributed by atoms with E-state index >= 15 is 0 Å². The van der Waals surface area contributed by atoms with Crippen LogP contribution in [0, 0.1) is 0 Å². The predicted octanol–water partition coefficient (Wildman–Crippen LogP) is 1.77. The van der Waals surface area contributed by atoms with Gasteiger partial charge in [-0.25, -0.2) is 0 Å². The van der Waals surface area contributed by atoms with E-state index in [1.807, 2.05) is 12.1 Å². The van der Waals surface area contributed by atoms with Crippen LogP contribution in [0.1, 0.15) is 30.6 Å². The summed E-state index contributed by atoms with van der Waals surface area (Å²) in [4.78, 5) is 2.39. The highest BCUT2D eigenvalue weighted by atomic mass is 16.5. The largest absolute Gasteiger partial charge is 0.491 e. The Labute approximate surface area is 120 Å². The van der Waals surface area contributed by atoms with Crippen molar-refractivity contribution in [2.24, 2.45) is 0 Å². The Morgan fingerprint density at radius 1 is 1.45 bits per heavy atom. The van der Waals surface area contributed by atoms with Gasteiger partial charge in [-0.15, -0.1) is 0 Å². The highest BCUT2D eigenvalue weighted by molar-refractivity contribution is 5.39. The summed E-state index contributed by atoms with van der Waals surface area (Å²) in [6, 6.07) is 6.00. The molecule has 1 fully saturated rings. The van der Waals surface area contributed by atoms with Gasteiger partial charge in [0.05, 0.1) is 12.7 Å². The highest BCUT2D eigenvalue weighted by Gasteiger charge is 2.22. The van der Waals surface area contributed by atoms with Crippen LogP contribution in [0.2, 0.25) is 0 Å². The number of benzene rings is 1. The molecule has 2 aliphatic rings. The number of nitrogens with zero attached hydrogens (tertiary/aromatic N) is 1. The third-order valence-corrected chi connectivity index (χ3v) is 4.27. The van der Waals surface area contributed by atoms with Crippen molar-refractivity contribution in [2.45, 2.75) is 32.0 Å². The lowest BCUT2D eigenvalue weighted by Crippen LogP contribution is -2.44. The van der Waals surface area contributed by atoms with E-state index in [1.54, 1.807) is 0 Å². The summed E-state index contributed by atoms with van der Waals surface area (Å²) >= 11 is 0. The molecule has 0 bridgehead atoms. The number of hydrogen-bond donors (Lipinski definition) is 1. The first-order valence-corrected chi connectivity index (χ1v) is 7.54. The van der Waals surface area contributed by atoms with Gasteiger partial charge in [0.2, 0.25) is 0 Å². The normalized spacial score (nSPS) is 26.5. The van der Waals surface area contributed by atoms with Gasteiger partial charge in [-0.1, -0.05) is 13.0 Å². The van der Waals surface area contributed by atoms with Crippen molar-refractivity contribution in [3.63, 3.8) is 0 Å². The lowest BCUT2D eigenvalue weighted by Gasteiger charge is -2.31. The Balaban J connectivity index is 1.56. The first kappa shape index (κ1) is 13.9. The van der Waals surface area contributed by atoms with Crippen molar-refractivity contribution in [3.05, 3.63) is 29.3 Å². The molecule has 3 rings (SSSR count). The Kier molecular flexibility index (Phi) is 4.24. The van der Waals surface area contributed by atoms with Gasteiger partial charge in [0.15, 0.2) is 0 Å². The van der Waals surface area contributed by atoms with Gasteiger partial charge < -0.3 is 14.6 Å². The molecule has 4 nitrogen and oxygen atoms in total. The number of likely N-dealkylation sites (N-methyl/N-ethyl adjacent to an activating group) is 1. The van der Waals surface area contributed by atoms with Crippen molar-refractivity contribution in [1.82, 2.24) is 4.90 Å². The quantitative estimate of drug-likeness (QED) is 0.910. The number of morpholine rings is 1. The average Bonchev–Trinajstić information content (AvgIpc) is 2.86. The third-order valence-electron chi connectivity index (χ3n) is 4.27. The molecule has 1 N–H and O–H groups in total. The van der Waals surface area contributed by atoms with Crippen LogP contribution in [-0.2, 0) is 11.2 Å². The second-order valence-corrected chi connectivity index (χ2v) is 5.61. The Hall–Kier alpha value is -1.10. The van der Waals surface area contributed by atoms with Gasteiger partial charge in [-0.2, -0.15) is 0 Å². The summed E-state index contributed by atoms with van der Waals surface area (Å²) in [5, 5.41) is 9.80. The van der Waals surface area contributed by atoms with Crippen LogP contribution in [-0.4, -0.2) is 49.0 Å². The second-order valence-electron chi connectivity index (χ2n) is 5.61. The molecule has 0 radical (unpaired) electrons. The molecule has 1 saturated heterocycles. The summed E-state index contributed by atoms with van der Waals surface area (Å²) in [6.07, 6.45) is 1.63. The first-order chi connectivity index (χ1) is 9.76. The summed E-state index contributed by atoms with van der Waals surface area (Å²) in [6.45, 7) is 6.59. The third kappa shape index (κ3) is 2.97. The van der Waals surface area contributed by atoms with Gasteiger partial charge in [-0.3, -0.25) is 4.90 Å². The van der Waals surface area contributed by atoms with Crippen molar-refractivity contribution < 1.29 is 14.6 Å². The minimum atomic E-state index is -0.293. The molecule has 2 atom stereocenters. The average molecular weight is 277 g/mol. The monoisotopic (exact) mass is 277 g/mol. The molecule has 0 spiro atoms. The summed E-state index contributed by atoms with van der Waals surface area (Å²) < 4.78 is 11.6. The van der Waals surface area contributed by atoms with Gasteiger partial charge >= 0.3 is 0 Å². The molecular formula is C16H23NO3. The fourth-order valence-corrected chi connectivity index (χ4v) is 3.02. The number of hydrogen-bond acceptors (Lipinski definition) is 4. The van der Waals surface area contributed by atoms with Gasteiger partial charge in [-0.05, 0) is 42.6 Å². The van der Waals surface area contributed by atoms with Crippen LogP contribution in [0.4, 0.5) is 0 Å². The molecule has 4 heteroatoms. The van der Waals surface area contributed by atoms with Crippen molar-refractivity contribution in [2.75, 3.05) is 32.8 Å². The number of fused-ring (bicyclic) bond motifs is 1. The molecule has 1 aliphatic carbocycles. The highest BCUT2D eigenvalue weighted by Crippen LogP contribution is 2.33. The second kappa shape index (κ2) is 6.12. The van der Waals surface area contributed by atoms with E-state index in [1.165, 1.54) is 5.56 Å². The smallest absolute Gasteiger partial charge is 0.119 e. The van der Waals surface area contributed by atoms with Crippen LogP contribution in [0.15, 0.2) is 18.2 Å². The zero-order valence-corrected chi connectivity index (χ0v) is 12.0. The van der Waals surface area contributed by atoms with Crippen LogP contribution < -0.4 is 4.74 Å². The lowest BCUT2D eigenvalue weighted by atomic mass is 10.1. The number of aliphatic hydroxyl groups excluding tert-OH is 1. The Bertz CT molecular complexity index is 463. The van der Waals surface area contributed by atoms with Crippen molar-refractivity contribution in [3.8, 4) is 5.75 Å². The molecule has 0 aromatic heterocycles. The van der Waals surface area contributed by atoms with Crippen LogP contribution in [0.5, 0.6) is 5.75 Å². The van der Waals surface area contributed by atoms with E-state index in [9.17, 15) is 5.11 Å². The van der Waals surface area contributed by atoms with E-state index in [0.29, 0.717) is 6.61 Å².